The van der Waals surface area contributed by atoms with Gasteiger partial charge < -0.3 is 20.4 Å². The molecule has 1 amide bonds. The summed E-state index contributed by atoms with van der Waals surface area (Å²) >= 11 is 0. The van der Waals surface area contributed by atoms with Crippen LogP contribution in [0.2, 0.25) is 0 Å². The molecule has 0 aromatic heterocycles. The molecule has 9 heteroatoms. The smallest absolute Gasteiger partial charge is 0.232 e. The number of hydrogen-bond donors (Lipinski definition) is 2. The number of nitrogens with two attached hydrogens (primary N) is 2. The lowest BCUT2D eigenvalue weighted by Gasteiger charge is -2.35. The summed E-state index contributed by atoms with van der Waals surface area (Å²) in [5, 5.41) is 5.18. The maximum absolute atomic E-state index is 14.8. The third-order valence-electron chi connectivity index (χ3n) is 7.28. The highest BCUT2D eigenvalue weighted by Crippen LogP contribution is 2.33. The van der Waals surface area contributed by atoms with Crippen molar-refractivity contribution in [3.05, 3.63) is 35.7 Å². The average Bonchev–Trinajstić information content (AvgIpc) is 3.39. The van der Waals surface area contributed by atoms with Gasteiger partial charge in [0.15, 0.2) is 11.6 Å². The molecule has 0 bridgehead atoms. The first-order valence-corrected chi connectivity index (χ1v) is 12.4. The van der Waals surface area contributed by atoms with Crippen LogP contribution in [-0.2, 0) is 4.79 Å². The van der Waals surface area contributed by atoms with Gasteiger partial charge in [-0.05, 0) is 74.1 Å². The van der Waals surface area contributed by atoms with Gasteiger partial charge in [-0.15, -0.1) is 5.10 Å². The number of allylic oxidation sites excluding steroid dienone is 2. The SMILES string of the molecule is CN(N)/C(=N\N)N1CCC(COc2ccc(C3=CCC(C(=O)N4CCCC4)CC3)cc2F)CC1. The lowest BCUT2D eigenvalue weighted by molar-refractivity contribution is -0.134. The molecule has 2 fully saturated rings. The predicted molar refractivity (Wildman–Crippen MR) is 131 cm³/mol. The van der Waals surface area contributed by atoms with E-state index in [0.717, 1.165) is 82.3 Å². The maximum atomic E-state index is 14.8. The number of hydrogen-bond acceptors (Lipinski definition) is 5. The van der Waals surface area contributed by atoms with Crippen LogP contribution in [0.15, 0.2) is 29.4 Å². The van der Waals surface area contributed by atoms with Crippen LogP contribution < -0.4 is 16.4 Å². The molecule has 1 unspecified atom stereocenters. The Hall–Kier alpha value is -2.81. The second kappa shape index (κ2) is 11.1. The summed E-state index contributed by atoms with van der Waals surface area (Å²) < 4.78 is 20.6. The van der Waals surface area contributed by atoms with Crippen LogP contribution in [0, 0.1) is 17.7 Å². The molecular formula is C25H37FN6O2. The summed E-state index contributed by atoms with van der Waals surface area (Å²) in [4.78, 5) is 16.7. The standard InChI is InChI=1S/C25H37FN6O2/c1-30(28)25(29-27)32-14-10-18(11-15-32)17-34-23-9-8-21(16-22(23)26)19-4-6-20(7-5-19)24(33)31-12-2-3-13-31/h4,8-9,16,18,20H,2-3,5-7,10-15,17,27-28H2,1H3/b29-25+. The number of hydrazone groups is 1. The Bertz CT molecular complexity index is 920. The number of piperidine rings is 1. The second-order valence-electron chi connectivity index (χ2n) is 9.66. The van der Waals surface area contributed by atoms with E-state index >= 15 is 0 Å². The summed E-state index contributed by atoms with van der Waals surface area (Å²) in [7, 11) is 1.71. The molecule has 2 saturated heterocycles. The van der Waals surface area contributed by atoms with Gasteiger partial charge in [-0.1, -0.05) is 12.1 Å². The van der Waals surface area contributed by atoms with E-state index in [4.69, 9.17) is 16.4 Å². The number of carbonyl (C=O) groups is 1. The van der Waals surface area contributed by atoms with Crippen LogP contribution in [0.5, 0.6) is 5.75 Å². The van der Waals surface area contributed by atoms with Crippen LogP contribution in [-0.4, -0.2) is 66.5 Å². The lowest BCUT2D eigenvalue weighted by Crippen LogP contribution is -2.49. The van der Waals surface area contributed by atoms with Gasteiger partial charge in [-0.25, -0.2) is 10.2 Å². The summed E-state index contributed by atoms with van der Waals surface area (Å²) in [5.74, 6) is 12.4. The highest BCUT2D eigenvalue weighted by atomic mass is 19.1. The predicted octanol–water partition coefficient (Wildman–Crippen LogP) is 2.76. The topological polar surface area (TPSA) is 100 Å². The van der Waals surface area contributed by atoms with E-state index in [1.54, 1.807) is 19.2 Å². The van der Waals surface area contributed by atoms with Gasteiger partial charge >= 0.3 is 0 Å². The summed E-state index contributed by atoms with van der Waals surface area (Å²) in [5.41, 5.74) is 2.00. The minimum atomic E-state index is -0.339. The van der Waals surface area contributed by atoms with Gasteiger partial charge in [0, 0.05) is 39.1 Å². The number of guanidine groups is 1. The largest absolute Gasteiger partial charge is 0.490 e. The molecule has 2 aliphatic heterocycles. The molecule has 0 radical (unpaired) electrons. The zero-order valence-corrected chi connectivity index (χ0v) is 20.1. The number of ether oxygens (including phenoxy) is 1. The van der Waals surface area contributed by atoms with Crippen LogP contribution in [0.1, 0.15) is 50.5 Å². The van der Waals surface area contributed by atoms with E-state index in [2.05, 4.69) is 11.2 Å². The zero-order valence-electron chi connectivity index (χ0n) is 20.1. The summed E-state index contributed by atoms with van der Waals surface area (Å²) in [6.07, 6.45) is 8.51. The Labute approximate surface area is 201 Å². The number of nitrogens with zero attached hydrogens (tertiary/aromatic N) is 4. The maximum Gasteiger partial charge on any atom is 0.232 e. The molecule has 1 aliphatic carbocycles. The number of carbonyl (C=O) groups excluding carboxylic acids is 1. The molecule has 8 nitrogen and oxygen atoms in total. The van der Waals surface area contributed by atoms with Crippen molar-refractivity contribution in [1.29, 1.82) is 0 Å². The summed E-state index contributed by atoms with van der Waals surface area (Å²) in [6, 6.07) is 5.22. The zero-order chi connectivity index (χ0) is 24.1. The molecule has 4 rings (SSSR count). The second-order valence-corrected chi connectivity index (χ2v) is 9.66. The van der Waals surface area contributed by atoms with Gasteiger partial charge in [0.05, 0.1) is 6.61 Å². The fourth-order valence-electron chi connectivity index (χ4n) is 5.24. The van der Waals surface area contributed by atoms with Gasteiger partial charge in [-0.2, -0.15) is 0 Å². The van der Waals surface area contributed by atoms with Crippen LogP contribution in [0.25, 0.3) is 5.57 Å². The van der Waals surface area contributed by atoms with E-state index in [-0.39, 0.29) is 23.4 Å². The molecule has 0 spiro atoms. The molecule has 1 atom stereocenters. The van der Waals surface area contributed by atoms with Crippen molar-refractivity contribution >= 4 is 17.4 Å². The number of hydrazine groups is 1. The Morgan fingerprint density at radius 3 is 2.50 bits per heavy atom. The Morgan fingerprint density at radius 1 is 1.18 bits per heavy atom. The molecule has 1 aromatic carbocycles. The first-order valence-electron chi connectivity index (χ1n) is 12.4. The number of amides is 1. The molecule has 2 heterocycles. The van der Waals surface area contributed by atoms with Crippen LogP contribution in [0.4, 0.5) is 4.39 Å². The highest BCUT2D eigenvalue weighted by Gasteiger charge is 2.28. The third-order valence-corrected chi connectivity index (χ3v) is 7.28. The third kappa shape index (κ3) is 5.63. The van der Waals surface area contributed by atoms with Crippen molar-refractivity contribution in [2.24, 2.45) is 28.6 Å². The van der Waals surface area contributed by atoms with Crippen molar-refractivity contribution in [2.75, 3.05) is 39.8 Å². The summed E-state index contributed by atoms with van der Waals surface area (Å²) in [6.45, 7) is 3.82. The van der Waals surface area contributed by atoms with E-state index in [9.17, 15) is 9.18 Å². The lowest BCUT2D eigenvalue weighted by atomic mass is 9.86. The van der Waals surface area contributed by atoms with E-state index in [1.807, 2.05) is 15.9 Å². The van der Waals surface area contributed by atoms with Gasteiger partial charge in [-0.3, -0.25) is 9.80 Å². The average molecular weight is 473 g/mol. The van der Waals surface area contributed by atoms with E-state index in [0.29, 0.717) is 18.5 Å². The van der Waals surface area contributed by atoms with Crippen molar-refractivity contribution in [3.63, 3.8) is 0 Å². The van der Waals surface area contributed by atoms with Gasteiger partial charge in [0.25, 0.3) is 0 Å². The molecule has 0 saturated carbocycles. The van der Waals surface area contributed by atoms with Gasteiger partial charge in [0.2, 0.25) is 11.9 Å². The fraction of sp³-hybridized carbons (Fsp3) is 0.600. The van der Waals surface area contributed by atoms with Crippen LogP contribution in [0.3, 0.4) is 0 Å². The number of benzene rings is 1. The molecule has 1 aromatic rings. The molecule has 186 valence electrons. The Balaban J connectivity index is 1.27. The molecule has 34 heavy (non-hydrogen) atoms. The van der Waals surface area contributed by atoms with E-state index in [1.165, 1.54) is 5.01 Å². The minimum Gasteiger partial charge on any atom is -0.490 e. The van der Waals surface area contributed by atoms with Crippen molar-refractivity contribution in [1.82, 2.24) is 14.8 Å². The van der Waals surface area contributed by atoms with Crippen LogP contribution >= 0.6 is 0 Å². The first kappa shape index (κ1) is 24.3. The van der Waals surface area contributed by atoms with E-state index < -0.39 is 0 Å². The molecule has 3 aliphatic rings. The Morgan fingerprint density at radius 2 is 1.91 bits per heavy atom. The highest BCUT2D eigenvalue weighted by molar-refractivity contribution is 5.81. The van der Waals surface area contributed by atoms with Crippen molar-refractivity contribution in [2.45, 2.75) is 44.9 Å². The minimum absolute atomic E-state index is 0.0678. The molecular weight excluding hydrogens is 435 g/mol. The van der Waals surface area contributed by atoms with Gasteiger partial charge in [0.1, 0.15) is 0 Å². The number of rotatable bonds is 5. The number of likely N-dealkylation sites (tertiary alicyclic amines) is 2. The fourth-order valence-corrected chi connectivity index (χ4v) is 5.24. The Kier molecular flexibility index (Phi) is 7.92. The molecule has 4 N–H and O–H groups in total. The quantitative estimate of drug-likeness (QED) is 0.296. The monoisotopic (exact) mass is 472 g/mol. The normalized spacial score (nSPS) is 22.0. The first-order chi connectivity index (χ1) is 16.5. The number of halogens is 1. The van der Waals surface area contributed by atoms with Crippen molar-refractivity contribution < 1.29 is 13.9 Å². The van der Waals surface area contributed by atoms with Crippen molar-refractivity contribution in [3.8, 4) is 5.75 Å².